The summed E-state index contributed by atoms with van der Waals surface area (Å²) in [6.45, 7) is 5.46. The third-order valence-electron chi connectivity index (χ3n) is 3.34. The molecule has 1 aromatic rings. The molecule has 1 fully saturated rings. The number of rotatable bonds is 3. The molecule has 0 unspecified atom stereocenters. The fourth-order valence-corrected chi connectivity index (χ4v) is 2.29. The average Bonchev–Trinajstić information content (AvgIpc) is 2.46. The molecule has 0 bridgehead atoms. The lowest BCUT2D eigenvalue weighted by Crippen LogP contribution is -2.35. The van der Waals surface area contributed by atoms with Gasteiger partial charge in [0, 0.05) is 24.2 Å². The van der Waals surface area contributed by atoms with Crippen molar-refractivity contribution in [1.82, 2.24) is 4.90 Å². The number of methoxy groups -OCH3 is 1. The van der Waals surface area contributed by atoms with E-state index in [9.17, 15) is 4.79 Å². The molecule has 0 spiro atoms. The summed E-state index contributed by atoms with van der Waals surface area (Å²) >= 11 is 0. The van der Waals surface area contributed by atoms with Gasteiger partial charge < -0.3 is 9.64 Å². The molecule has 1 amide bonds. The number of carbonyl (C=O) groups excluding carboxylic acids is 1. The van der Waals surface area contributed by atoms with E-state index in [2.05, 4.69) is 6.58 Å². The van der Waals surface area contributed by atoms with Crippen molar-refractivity contribution < 1.29 is 9.53 Å². The van der Waals surface area contributed by atoms with Gasteiger partial charge in [-0.1, -0.05) is 18.7 Å². The van der Waals surface area contributed by atoms with E-state index in [0.717, 1.165) is 31.5 Å². The maximum atomic E-state index is 12.3. The van der Waals surface area contributed by atoms with Gasteiger partial charge >= 0.3 is 0 Å². The zero-order valence-corrected chi connectivity index (χ0v) is 10.8. The lowest BCUT2D eigenvalue weighted by atomic mass is 10.1. The van der Waals surface area contributed by atoms with Crippen LogP contribution in [0.4, 0.5) is 0 Å². The van der Waals surface area contributed by atoms with Gasteiger partial charge in [-0.15, -0.1) is 0 Å². The standard InChI is InChI=1S/C15H19NO2/c1-3-12-7-8-13(11-14(12)18-2)15(17)16-9-5-4-6-10-16/h3,7-8,11H,1,4-6,9-10H2,2H3. The number of piperidine rings is 1. The minimum atomic E-state index is 0.101. The van der Waals surface area contributed by atoms with Crippen molar-refractivity contribution >= 4 is 12.0 Å². The van der Waals surface area contributed by atoms with Crippen LogP contribution in [-0.2, 0) is 0 Å². The highest BCUT2D eigenvalue weighted by atomic mass is 16.5. The van der Waals surface area contributed by atoms with Gasteiger partial charge in [0.15, 0.2) is 0 Å². The number of nitrogens with zero attached hydrogens (tertiary/aromatic N) is 1. The fraction of sp³-hybridized carbons (Fsp3) is 0.400. The van der Waals surface area contributed by atoms with Gasteiger partial charge in [-0.25, -0.2) is 0 Å². The van der Waals surface area contributed by atoms with Gasteiger partial charge in [-0.2, -0.15) is 0 Å². The molecule has 0 radical (unpaired) electrons. The van der Waals surface area contributed by atoms with E-state index in [0.29, 0.717) is 11.3 Å². The molecule has 3 heteroatoms. The molecule has 3 nitrogen and oxygen atoms in total. The number of hydrogen-bond donors (Lipinski definition) is 0. The molecule has 0 N–H and O–H groups in total. The maximum absolute atomic E-state index is 12.3. The van der Waals surface area contributed by atoms with E-state index in [1.165, 1.54) is 6.42 Å². The average molecular weight is 245 g/mol. The molecule has 0 aliphatic carbocycles. The van der Waals surface area contributed by atoms with Crippen LogP contribution in [0, 0.1) is 0 Å². The molecular weight excluding hydrogens is 226 g/mol. The molecule has 18 heavy (non-hydrogen) atoms. The summed E-state index contributed by atoms with van der Waals surface area (Å²) in [7, 11) is 1.61. The first-order valence-electron chi connectivity index (χ1n) is 6.36. The van der Waals surface area contributed by atoms with E-state index in [4.69, 9.17) is 4.74 Å². The quantitative estimate of drug-likeness (QED) is 0.819. The smallest absolute Gasteiger partial charge is 0.253 e. The molecule has 0 aromatic heterocycles. The normalized spacial score (nSPS) is 15.3. The number of benzene rings is 1. The third-order valence-corrected chi connectivity index (χ3v) is 3.34. The Labute approximate surface area is 108 Å². The van der Waals surface area contributed by atoms with Crippen molar-refractivity contribution in [2.45, 2.75) is 19.3 Å². The van der Waals surface area contributed by atoms with Crippen LogP contribution in [0.3, 0.4) is 0 Å². The van der Waals surface area contributed by atoms with Crippen LogP contribution in [-0.4, -0.2) is 31.0 Å². The number of hydrogen-bond acceptors (Lipinski definition) is 2. The van der Waals surface area contributed by atoms with Crippen LogP contribution in [0.5, 0.6) is 5.75 Å². The van der Waals surface area contributed by atoms with Gasteiger partial charge in [0.25, 0.3) is 5.91 Å². The minimum absolute atomic E-state index is 0.101. The molecule has 96 valence electrons. The van der Waals surface area contributed by atoms with Crippen LogP contribution in [0.2, 0.25) is 0 Å². The predicted molar refractivity (Wildman–Crippen MR) is 72.8 cm³/mol. The first-order chi connectivity index (χ1) is 8.76. The second-order valence-corrected chi connectivity index (χ2v) is 4.51. The van der Waals surface area contributed by atoms with Crippen molar-refractivity contribution in [3.8, 4) is 5.75 Å². The van der Waals surface area contributed by atoms with Gasteiger partial charge in [-0.05, 0) is 31.4 Å². The van der Waals surface area contributed by atoms with E-state index in [1.54, 1.807) is 19.3 Å². The molecule has 0 atom stereocenters. The molecule has 1 heterocycles. The van der Waals surface area contributed by atoms with E-state index in [-0.39, 0.29) is 5.91 Å². The molecule has 1 saturated heterocycles. The second-order valence-electron chi connectivity index (χ2n) is 4.51. The van der Waals surface area contributed by atoms with Gasteiger partial charge in [0.05, 0.1) is 7.11 Å². The Balaban J connectivity index is 2.21. The molecule has 1 aliphatic heterocycles. The Morgan fingerprint density at radius 1 is 1.33 bits per heavy atom. The highest BCUT2D eigenvalue weighted by Gasteiger charge is 2.18. The van der Waals surface area contributed by atoms with Crippen molar-refractivity contribution in [3.05, 3.63) is 35.9 Å². The van der Waals surface area contributed by atoms with Crippen LogP contribution < -0.4 is 4.74 Å². The summed E-state index contributed by atoms with van der Waals surface area (Å²) in [6, 6.07) is 5.52. The monoisotopic (exact) mass is 245 g/mol. The first kappa shape index (κ1) is 12.7. The maximum Gasteiger partial charge on any atom is 0.253 e. The molecule has 1 aromatic carbocycles. The Bertz CT molecular complexity index is 448. The molecule has 0 saturated carbocycles. The summed E-state index contributed by atoms with van der Waals surface area (Å²) in [5.41, 5.74) is 1.60. The van der Waals surface area contributed by atoms with Crippen LogP contribution in [0.1, 0.15) is 35.2 Å². The van der Waals surface area contributed by atoms with Crippen molar-refractivity contribution in [2.24, 2.45) is 0 Å². The Morgan fingerprint density at radius 3 is 2.67 bits per heavy atom. The number of ether oxygens (including phenoxy) is 1. The van der Waals surface area contributed by atoms with E-state index >= 15 is 0 Å². The van der Waals surface area contributed by atoms with E-state index < -0.39 is 0 Å². The Hall–Kier alpha value is -1.77. The summed E-state index contributed by atoms with van der Waals surface area (Å²) in [4.78, 5) is 14.2. The first-order valence-corrected chi connectivity index (χ1v) is 6.36. The SMILES string of the molecule is C=Cc1ccc(C(=O)N2CCCCC2)cc1OC. The van der Waals surface area contributed by atoms with Crippen molar-refractivity contribution in [1.29, 1.82) is 0 Å². The van der Waals surface area contributed by atoms with Gasteiger partial charge in [0.2, 0.25) is 0 Å². The Morgan fingerprint density at radius 2 is 2.06 bits per heavy atom. The number of amides is 1. The third kappa shape index (κ3) is 2.55. The molecule has 2 rings (SSSR count). The lowest BCUT2D eigenvalue weighted by molar-refractivity contribution is 0.0724. The van der Waals surface area contributed by atoms with Crippen LogP contribution >= 0.6 is 0 Å². The van der Waals surface area contributed by atoms with E-state index in [1.807, 2.05) is 17.0 Å². The Kier molecular flexibility index (Phi) is 4.03. The second kappa shape index (κ2) is 5.71. The number of carbonyl (C=O) groups is 1. The van der Waals surface area contributed by atoms with Crippen LogP contribution in [0.15, 0.2) is 24.8 Å². The predicted octanol–water partition coefficient (Wildman–Crippen LogP) is 2.96. The topological polar surface area (TPSA) is 29.5 Å². The molecule has 1 aliphatic rings. The summed E-state index contributed by atoms with van der Waals surface area (Å²) in [5.74, 6) is 0.802. The highest BCUT2D eigenvalue weighted by Crippen LogP contribution is 2.23. The highest BCUT2D eigenvalue weighted by molar-refractivity contribution is 5.95. The van der Waals surface area contributed by atoms with Crippen LogP contribution in [0.25, 0.3) is 6.08 Å². The lowest BCUT2D eigenvalue weighted by Gasteiger charge is -2.26. The zero-order valence-electron chi connectivity index (χ0n) is 10.8. The van der Waals surface area contributed by atoms with Gasteiger partial charge in [-0.3, -0.25) is 4.79 Å². The van der Waals surface area contributed by atoms with Crippen molar-refractivity contribution in [3.63, 3.8) is 0 Å². The summed E-state index contributed by atoms with van der Waals surface area (Å²) in [5, 5.41) is 0. The zero-order chi connectivity index (χ0) is 13.0. The summed E-state index contributed by atoms with van der Waals surface area (Å²) in [6.07, 6.45) is 5.16. The minimum Gasteiger partial charge on any atom is -0.496 e. The fourth-order valence-electron chi connectivity index (χ4n) is 2.29. The largest absolute Gasteiger partial charge is 0.496 e. The van der Waals surface area contributed by atoms with Gasteiger partial charge in [0.1, 0.15) is 5.75 Å². The van der Waals surface area contributed by atoms with Crippen molar-refractivity contribution in [2.75, 3.05) is 20.2 Å². The summed E-state index contributed by atoms with van der Waals surface area (Å²) < 4.78 is 5.27. The molecular formula is C15H19NO2. The number of likely N-dealkylation sites (tertiary alicyclic amines) is 1.